The summed E-state index contributed by atoms with van der Waals surface area (Å²) in [6.07, 6.45) is 2.23. The summed E-state index contributed by atoms with van der Waals surface area (Å²) in [5, 5.41) is 0. The maximum absolute atomic E-state index is 5.03. The average Bonchev–Trinajstić information content (AvgIpc) is 2.34. The van der Waals surface area contributed by atoms with Gasteiger partial charge in [0, 0.05) is 6.54 Å². The van der Waals surface area contributed by atoms with Crippen LogP contribution in [0.4, 0.5) is 5.95 Å². The van der Waals surface area contributed by atoms with Crippen molar-refractivity contribution >= 4 is 5.95 Å². The summed E-state index contributed by atoms with van der Waals surface area (Å²) >= 11 is 0. The van der Waals surface area contributed by atoms with Crippen LogP contribution in [0, 0.1) is 0 Å². The van der Waals surface area contributed by atoms with E-state index in [1.54, 1.807) is 20.3 Å². The zero-order valence-corrected chi connectivity index (χ0v) is 9.91. The molecular weight excluding hydrogens is 208 g/mol. The van der Waals surface area contributed by atoms with Crippen LogP contribution in [0.25, 0.3) is 0 Å². The van der Waals surface area contributed by atoms with E-state index < -0.39 is 0 Å². The van der Waals surface area contributed by atoms with E-state index in [2.05, 4.69) is 27.7 Å². The maximum Gasteiger partial charge on any atom is 0.243 e. The highest BCUT2D eigenvalue weighted by Crippen LogP contribution is 2.16. The molecule has 0 saturated heterocycles. The predicted octanol–water partition coefficient (Wildman–Crippen LogP) is 1.21. The van der Waals surface area contributed by atoms with Crippen LogP contribution >= 0.6 is 0 Å². The Bertz CT molecular complexity index is 297. The molecule has 1 aromatic rings. The van der Waals surface area contributed by atoms with Crippen LogP contribution in [0.1, 0.15) is 19.8 Å². The Morgan fingerprint density at radius 1 is 1.19 bits per heavy atom. The minimum Gasteiger partial charge on any atom is -0.481 e. The molecule has 0 fully saturated rings. The smallest absolute Gasteiger partial charge is 0.243 e. The summed E-state index contributed by atoms with van der Waals surface area (Å²) in [4.78, 5) is 8.22. The monoisotopic (exact) mass is 226 g/mol. The Labute approximate surface area is 95.4 Å². The van der Waals surface area contributed by atoms with E-state index in [-0.39, 0.29) is 0 Å². The number of methoxy groups -OCH3 is 2. The highest BCUT2D eigenvalue weighted by molar-refractivity contribution is 5.32. The second-order valence-corrected chi connectivity index (χ2v) is 3.18. The first-order valence-corrected chi connectivity index (χ1v) is 5.26. The molecule has 0 aliphatic heterocycles. The number of rotatable bonds is 7. The summed E-state index contributed by atoms with van der Waals surface area (Å²) in [5.41, 5.74) is 5.92. The van der Waals surface area contributed by atoms with Gasteiger partial charge in [0.15, 0.2) is 0 Å². The lowest BCUT2D eigenvalue weighted by Crippen LogP contribution is -2.24. The second kappa shape index (κ2) is 6.84. The molecule has 90 valence electrons. The number of ether oxygens (including phenoxy) is 2. The quantitative estimate of drug-likeness (QED) is 0.538. The molecule has 0 aliphatic rings. The Kier molecular flexibility index (Phi) is 5.35. The first-order chi connectivity index (χ1) is 7.80. The van der Waals surface area contributed by atoms with Gasteiger partial charge in [-0.3, -0.25) is 5.43 Å². The number of anilines is 1. The molecule has 0 spiro atoms. The fraction of sp³-hybridized carbons (Fsp3) is 0.600. The molecule has 0 saturated carbocycles. The van der Waals surface area contributed by atoms with Crippen molar-refractivity contribution in [3.8, 4) is 11.8 Å². The number of nitrogens with zero attached hydrogens (tertiary/aromatic N) is 2. The van der Waals surface area contributed by atoms with Crippen molar-refractivity contribution in [2.45, 2.75) is 19.8 Å². The van der Waals surface area contributed by atoms with Gasteiger partial charge >= 0.3 is 0 Å². The first kappa shape index (κ1) is 12.5. The Morgan fingerprint density at radius 3 is 2.31 bits per heavy atom. The number of aromatic nitrogens is 2. The van der Waals surface area contributed by atoms with Crippen molar-refractivity contribution in [2.75, 3.05) is 26.2 Å². The van der Waals surface area contributed by atoms with E-state index in [4.69, 9.17) is 9.47 Å². The molecule has 0 amide bonds. The molecule has 1 rings (SSSR count). The van der Waals surface area contributed by atoms with E-state index in [1.807, 2.05) is 0 Å². The van der Waals surface area contributed by atoms with Gasteiger partial charge in [-0.25, -0.2) is 5.43 Å². The molecule has 16 heavy (non-hydrogen) atoms. The normalized spacial score (nSPS) is 9.94. The van der Waals surface area contributed by atoms with Gasteiger partial charge in [0.2, 0.25) is 17.7 Å². The van der Waals surface area contributed by atoms with Crippen LogP contribution in [0.5, 0.6) is 11.8 Å². The van der Waals surface area contributed by atoms with Crippen molar-refractivity contribution in [3.63, 3.8) is 0 Å². The third-order valence-corrected chi connectivity index (χ3v) is 1.95. The summed E-state index contributed by atoms with van der Waals surface area (Å²) in [5.74, 6) is 1.37. The molecule has 0 aromatic carbocycles. The molecule has 0 bridgehead atoms. The number of hydrogen-bond donors (Lipinski definition) is 2. The van der Waals surface area contributed by atoms with E-state index in [0.717, 1.165) is 19.4 Å². The van der Waals surface area contributed by atoms with Gasteiger partial charge in [0.1, 0.15) is 0 Å². The molecule has 2 N–H and O–H groups in total. The first-order valence-electron chi connectivity index (χ1n) is 5.26. The van der Waals surface area contributed by atoms with Crippen molar-refractivity contribution in [2.24, 2.45) is 0 Å². The van der Waals surface area contributed by atoms with Crippen LogP contribution < -0.4 is 20.3 Å². The molecule has 6 nitrogen and oxygen atoms in total. The maximum atomic E-state index is 5.03. The zero-order valence-electron chi connectivity index (χ0n) is 9.91. The van der Waals surface area contributed by atoms with E-state index >= 15 is 0 Å². The fourth-order valence-electron chi connectivity index (χ4n) is 1.08. The van der Waals surface area contributed by atoms with Crippen molar-refractivity contribution in [3.05, 3.63) is 6.07 Å². The fourth-order valence-corrected chi connectivity index (χ4v) is 1.08. The van der Waals surface area contributed by atoms with Crippen molar-refractivity contribution in [1.29, 1.82) is 0 Å². The zero-order chi connectivity index (χ0) is 11.8. The third-order valence-electron chi connectivity index (χ3n) is 1.95. The molecule has 1 heterocycles. The van der Waals surface area contributed by atoms with Crippen LogP contribution in [-0.2, 0) is 0 Å². The molecular formula is C10H18N4O2. The predicted molar refractivity (Wildman–Crippen MR) is 61.7 cm³/mol. The van der Waals surface area contributed by atoms with Gasteiger partial charge in [-0.05, 0) is 6.42 Å². The van der Waals surface area contributed by atoms with Crippen molar-refractivity contribution < 1.29 is 9.47 Å². The summed E-state index contributed by atoms with van der Waals surface area (Å²) in [7, 11) is 3.10. The lowest BCUT2D eigenvalue weighted by Gasteiger charge is -2.08. The van der Waals surface area contributed by atoms with Gasteiger partial charge < -0.3 is 9.47 Å². The largest absolute Gasteiger partial charge is 0.481 e. The number of hydrogen-bond acceptors (Lipinski definition) is 6. The Hall–Kier alpha value is -1.56. The lowest BCUT2D eigenvalue weighted by atomic mass is 10.3. The lowest BCUT2D eigenvalue weighted by molar-refractivity contribution is 0.372. The van der Waals surface area contributed by atoms with Crippen LogP contribution in [0.2, 0.25) is 0 Å². The Balaban J connectivity index is 2.57. The number of unbranched alkanes of at least 4 members (excludes halogenated alkanes) is 1. The van der Waals surface area contributed by atoms with Gasteiger partial charge in [0.05, 0.1) is 20.3 Å². The van der Waals surface area contributed by atoms with Crippen molar-refractivity contribution in [1.82, 2.24) is 15.4 Å². The Morgan fingerprint density at radius 2 is 1.81 bits per heavy atom. The van der Waals surface area contributed by atoms with E-state index in [1.165, 1.54) is 0 Å². The van der Waals surface area contributed by atoms with Gasteiger partial charge in [-0.2, -0.15) is 9.97 Å². The summed E-state index contributed by atoms with van der Waals surface area (Å²) < 4.78 is 10.1. The van der Waals surface area contributed by atoms with Crippen LogP contribution in [-0.4, -0.2) is 30.7 Å². The molecule has 0 atom stereocenters. The number of nitrogens with one attached hydrogen (secondary N) is 2. The van der Waals surface area contributed by atoms with Gasteiger partial charge in [-0.1, -0.05) is 13.3 Å². The van der Waals surface area contributed by atoms with Crippen LogP contribution in [0.3, 0.4) is 0 Å². The minimum atomic E-state index is 0.437. The third kappa shape index (κ3) is 3.90. The topological polar surface area (TPSA) is 68.3 Å². The minimum absolute atomic E-state index is 0.437. The molecule has 1 aromatic heterocycles. The molecule has 6 heteroatoms. The van der Waals surface area contributed by atoms with Gasteiger partial charge in [0.25, 0.3) is 0 Å². The SMILES string of the molecule is CCCCNNc1nc(OC)cc(OC)n1. The highest BCUT2D eigenvalue weighted by Gasteiger charge is 2.03. The molecule has 0 radical (unpaired) electrons. The average molecular weight is 226 g/mol. The second-order valence-electron chi connectivity index (χ2n) is 3.18. The van der Waals surface area contributed by atoms with E-state index in [9.17, 15) is 0 Å². The number of hydrazine groups is 1. The van der Waals surface area contributed by atoms with Crippen LogP contribution in [0.15, 0.2) is 6.07 Å². The highest BCUT2D eigenvalue weighted by atomic mass is 16.5. The standard InChI is InChI=1S/C10H18N4O2/c1-4-5-6-11-14-10-12-8(15-2)7-9(13-10)16-3/h7,11H,4-6H2,1-3H3,(H,12,13,14). The van der Waals surface area contributed by atoms with Gasteiger partial charge in [-0.15, -0.1) is 0 Å². The molecule has 0 aliphatic carbocycles. The summed E-state index contributed by atoms with van der Waals surface area (Å²) in [6, 6.07) is 1.62. The van der Waals surface area contributed by atoms with E-state index in [0.29, 0.717) is 17.7 Å². The molecule has 0 unspecified atom stereocenters. The summed E-state index contributed by atoms with van der Waals surface area (Å²) in [6.45, 7) is 2.99.